The van der Waals surface area contributed by atoms with E-state index < -0.39 is 56.7 Å². The number of ether oxygens (including phenoxy) is 1. The summed E-state index contributed by atoms with van der Waals surface area (Å²) in [5, 5.41) is 24.6. The second-order valence-electron chi connectivity index (χ2n) is 13.2. The minimum absolute atomic E-state index is 0.0969. The van der Waals surface area contributed by atoms with Gasteiger partial charge in [-0.15, -0.1) is 0 Å². The largest absolute Gasteiger partial charge is 0.435 e. The SMILES string of the molecule is CC(C)(C)[S@@](=O)NC(CCC1CC1)(c1cccc(C#N)c1)c1ccc(F)c(NC(=O)c2cc(C(F)(F)F)nn2-c2cccc(OC(=O)NC=N)c2)c1. The molecule has 1 aromatic heterocycles. The maximum absolute atomic E-state index is 15.6. The number of aromatic nitrogens is 2. The molecule has 4 aromatic rings. The van der Waals surface area contributed by atoms with Crippen LogP contribution in [-0.2, 0) is 22.7 Å². The number of hydrogen-bond acceptors (Lipinski definition) is 7. The lowest BCUT2D eigenvalue weighted by atomic mass is 9.79. The number of anilines is 1. The first-order chi connectivity index (χ1) is 24.5. The first kappa shape index (κ1) is 37.8. The van der Waals surface area contributed by atoms with Gasteiger partial charge in [-0.25, -0.2) is 22.8 Å². The first-order valence-corrected chi connectivity index (χ1v) is 17.3. The number of amides is 2. The van der Waals surface area contributed by atoms with Crippen LogP contribution in [0.5, 0.6) is 5.75 Å². The van der Waals surface area contributed by atoms with Gasteiger partial charge in [-0.2, -0.15) is 23.5 Å². The van der Waals surface area contributed by atoms with Crippen molar-refractivity contribution in [3.05, 3.63) is 107 Å². The van der Waals surface area contributed by atoms with E-state index in [-0.39, 0.29) is 17.1 Å². The Morgan fingerprint density at radius 1 is 1.06 bits per heavy atom. The highest BCUT2D eigenvalue weighted by molar-refractivity contribution is 7.84. The molecule has 16 heteroatoms. The molecule has 2 atom stereocenters. The quantitative estimate of drug-likeness (QED) is 0.0676. The number of benzene rings is 3. The Kier molecular flexibility index (Phi) is 11.0. The molecule has 1 unspecified atom stereocenters. The zero-order chi connectivity index (χ0) is 37.8. The third kappa shape index (κ3) is 8.72. The van der Waals surface area contributed by atoms with Crippen LogP contribution in [0.4, 0.5) is 28.0 Å². The average Bonchev–Trinajstić information content (AvgIpc) is 3.80. The predicted molar refractivity (Wildman–Crippen MR) is 186 cm³/mol. The minimum Gasteiger partial charge on any atom is -0.410 e. The maximum Gasteiger partial charge on any atom is 0.435 e. The summed E-state index contributed by atoms with van der Waals surface area (Å²) >= 11 is 0. The Hall–Kier alpha value is -5.40. The molecule has 0 radical (unpaired) electrons. The van der Waals surface area contributed by atoms with Crippen LogP contribution in [0.15, 0.2) is 72.8 Å². The monoisotopic (exact) mass is 737 g/mol. The summed E-state index contributed by atoms with van der Waals surface area (Å²) in [5.74, 6) is -1.76. The summed E-state index contributed by atoms with van der Waals surface area (Å²) in [7, 11) is -1.68. The van der Waals surface area contributed by atoms with Gasteiger partial charge in [-0.1, -0.05) is 37.1 Å². The molecular formula is C36H35F4N7O4S. The maximum atomic E-state index is 15.6. The predicted octanol–water partition coefficient (Wildman–Crippen LogP) is 7.34. The van der Waals surface area contributed by atoms with E-state index in [2.05, 4.69) is 21.2 Å². The Morgan fingerprint density at radius 2 is 1.77 bits per heavy atom. The lowest BCUT2D eigenvalue weighted by Gasteiger charge is -2.38. The molecule has 0 aliphatic heterocycles. The standard InChI is InChI=1S/C36H35F4N7O4S/c1-34(2,3)52(50)46-35(15-14-22-10-11-22,24-7-4-6-23(16-24)20-41)25-12-13-28(37)29(17-25)44-32(48)30-19-31(36(38,39)40)45-47(30)26-8-5-9-27(18-26)51-33(49)43-21-42/h4-9,12-13,16-19,21-22,46H,10-11,14-15H2,1-3H3,(H,44,48)(H2,42,43,49)/t35?,52-/m1/s1. The fourth-order valence-corrected chi connectivity index (χ4v) is 6.40. The normalized spacial score (nSPS) is 14.8. The van der Waals surface area contributed by atoms with Gasteiger partial charge in [-0.3, -0.25) is 15.5 Å². The molecular weight excluding hydrogens is 702 g/mol. The van der Waals surface area contributed by atoms with Crippen LogP contribution in [0, 0.1) is 28.5 Å². The molecule has 0 spiro atoms. The molecule has 11 nitrogen and oxygen atoms in total. The second kappa shape index (κ2) is 15.1. The number of nitrogens with zero attached hydrogens (tertiary/aromatic N) is 3. The van der Waals surface area contributed by atoms with Crippen molar-refractivity contribution in [3.63, 3.8) is 0 Å². The molecule has 1 saturated carbocycles. The molecule has 1 aliphatic rings. The smallest absolute Gasteiger partial charge is 0.410 e. The number of carbonyl (C=O) groups excluding carboxylic acids is 2. The first-order valence-electron chi connectivity index (χ1n) is 16.1. The van der Waals surface area contributed by atoms with Crippen LogP contribution in [0.1, 0.15) is 79.3 Å². The van der Waals surface area contributed by atoms with Crippen molar-refractivity contribution in [2.24, 2.45) is 5.92 Å². The summed E-state index contributed by atoms with van der Waals surface area (Å²) in [4.78, 5) is 25.6. The van der Waals surface area contributed by atoms with Crippen LogP contribution in [0.3, 0.4) is 0 Å². The Labute approximate surface area is 299 Å². The van der Waals surface area contributed by atoms with E-state index in [9.17, 15) is 32.2 Å². The summed E-state index contributed by atoms with van der Waals surface area (Å²) in [6.07, 6.45) is -2.29. The third-order valence-electron chi connectivity index (χ3n) is 8.33. The number of nitrogens with one attached hydrogen (secondary N) is 4. The van der Waals surface area contributed by atoms with Crippen LogP contribution < -0.4 is 20.1 Å². The minimum atomic E-state index is -4.96. The van der Waals surface area contributed by atoms with E-state index in [1.165, 1.54) is 30.3 Å². The number of halogens is 4. The second-order valence-corrected chi connectivity index (χ2v) is 15.2. The number of alkyl halides is 3. The van der Waals surface area contributed by atoms with Crippen molar-refractivity contribution >= 4 is 35.0 Å². The van der Waals surface area contributed by atoms with Crippen molar-refractivity contribution in [2.45, 2.75) is 62.9 Å². The number of carbonyl (C=O) groups is 2. The van der Waals surface area contributed by atoms with Crippen molar-refractivity contribution in [1.82, 2.24) is 19.8 Å². The zero-order valence-electron chi connectivity index (χ0n) is 28.3. The summed E-state index contributed by atoms with van der Waals surface area (Å²) in [6.45, 7) is 5.36. The Bertz CT molecular complexity index is 2070. The van der Waals surface area contributed by atoms with Gasteiger partial charge in [0.05, 0.1) is 50.6 Å². The summed E-state index contributed by atoms with van der Waals surface area (Å²) < 4.78 is 79.3. The summed E-state index contributed by atoms with van der Waals surface area (Å²) in [5.41, 5.74) is -2.42. The van der Waals surface area contributed by atoms with Crippen LogP contribution in [-0.4, -0.2) is 37.1 Å². The molecule has 272 valence electrons. The van der Waals surface area contributed by atoms with Gasteiger partial charge < -0.3 is 10.1 Å². The molecule has 1 aliphatic carbocycles. The van der Waals surface area contributed by atoms with Gasteiger partial charge >= 0.3 is 12.3 Å². The van der Waals surface area contributed by atoms with Crippen LogP contribution in [0.25, 0.3) is 5.69 Å². The zero-order valence-corrected chi connectivity index (χ0v) is 29.1. The molecule has 1 fully saturated rings. The van der Waals surface area contributed by atoms with E-state index in [1.54, 1.807) is 45.0 Å². The molecule has 0 bridgehead atoms. The van der Waals surface area contributed by atoms with Gasteiger partial charge in [0.1, 0.15) is 17.3 Å². The molecule has 3 aromatic carbocycles. The molecule has 0 saturated heterocycles. The van der Waals surface area contributed by atoms with E-state index in [0.717, 1.165) is 25.0 Å². The molecule has 5 rings (SSSR count). The highest BCUT2D eigenvalue weighted by Crippen LogP contribution is 2.43. The van der Waals surface area contributed by atoms with E-state index in [1.807, 2.05) is 5.32 Å². The topological polar surface area (TPSA) is 162 Å². The van der Waals surface area contributed by atoms with E-state index in [4.69, 9.17) is 10.1 Å². The van der Waals surface area contributed by atoms with E-state index >= 15 is 4.39 Å². The fraction of sp³-hybridized carbons (Fsp3) is 0.306. The molecule has 4 N–H and O–H groups in total. The summed E-state index contributed by atoms with van der Waals surface area (Å²) in [6, 6.07) is 18.4. The number of nitriles is 1. The van der Waals surface area contributed by atoms with Gasteiger partial charge in [0.25, 0.3) is 5.91 Å². The van der Waals surface area contributed by atoms with Crippen molar-refractivity contribution < 1.29 is 36.1 Å². The van der Waals surface area contributed by atoms with Crippen molar-refractivity contribution in [2.75, 3.05) is 5.32 Å². The number of hydrogen-bond donors (Lipinski definition) is 4. The van der Waals surface area contributed by atoms with Gasteiger partial charge in [0, 0.05) is 12.1 Å². The van der Waals surface area contributed by atoms with Gasteiger partial charge in [0.2, 0.25) is 0 Å². The lowest BCUT2D eigenvalue weighted by Crippen LogP contribution is -2.49. The van der Waals surface area contributed by atoms with E-state index in [0.29, 0.717) is 52.5 Å². The molecule has 2 amide bonds. The number of rotatable bonds is 12. The van der Waals surface area contributed by atoms with Gasteiger partial charge in [-0.05, 0) is 87.1 Å². The lowest BCUT2D eigenvalue weighted by molar-refractivity contribution is -0.141. The molecule has 1 heterocycles. The fourth-order valence-electron chi connectivity index (χ4n) is 5.44. The molecule has 52 heavy (non-hydrogen) atoms. The van der Waals surface area contributed by atoms with Crippen molar-refractivity contribution in [1.29, 1.82) is 10.7 Å². The Balaban J connectivity index is 1.59. The Morgan fingerprint density at radius 3 is 2.42 bits per heavy atom. The van der Waals surface area contributed by atoms with Crippen LogP contribution >= 0.6 is 0 Å². The average molecular weight is 738 g/mol. The van der Waals surface area contributed by atoms with Crippen molar-refractivity contribution in [3.8, 4) is 17.5 Å². The highest BCUT2D eigenvalue weighted by Gasteiger charge is 2.41. The third-order valence-corrected chi connectivity index (χ3v) is 9.98. The van der Waals surface area contributed by atoms with Gasteiger partial charge in [0.15, 0.2) is 5.69 Å². The van der Waals surface area contributed by atoms with Crippen LogP contribution in [0.2, 0.25) is 0 Å². The highest BCUT2D eigenvalue weighted by atomic mass is 32.2.